The lowest BCUT2D eigenvalue weighted by molar-refractivity contribution is 0.618. The predicted octanol–water partition coefficient (Wildman–Crippen LogP) is 2.97. The average Bonchev–Trinajstić information content (AvgIpc) is 2.34. The minimum Gasteiger partial charge on any atom is -0.371 e. The fraction of sp³-hybridized carbons (Fsp3) is 0.200. The van der Waals surface area contributed by atoms with E-state index in [1.807, 2.05) is 0 Å². The maximum absolute atomic E-state index is 11.4. The van der Waals surface area contributed by atoms with Crippen LogP contribution in [-0.4, -0.2) is 18.1 Å². The highest BCUT2D eigenvalue weighted by Crippen LogP contribution is 2.32. The lowest BCUT2D eigenvalue weighted by Gasteiger charge is -2.33. The minimum atomic E-state index is 0.0452. The molecular formula is C15H12N2OS. The van der Waals surface area contributed by atoms with Crippen LogP contribution in [0.5, 0.6) is 0 Å². The zero-order valence-electron chi connectivity index (χ0n) is 10.3. The van der Waals surface area contributed by atoms with Gasteiger partial charge in [0.25, 0.3) is 0 Å². The number of hydrogen-bond acceptors (Lipinski definition) is 4. The van der Waals surface area contributed by atoms with Gasteiger partial charge in [0.05, 0.1) is 20.8 Å². The first-order valence-corrected chi connectivity index (χ1v) is 7.21. The molecule has 0 unspecified atom stereocenters. The molecule has 1 aromatic rings. The third-order valence-corrected chi connectivity index (χ3v) is 4.65. The lowest BCUT2D eigenvalue weighted by Crippen LogP contribution is -2.36. The van der Waals surface area contributed by atoms with Crippen LogP contribution in [-0.2, 0) is 0 Å². The van der Waals surface area contributed by atoms with E-state index in [1.54, 1.807) is 29.5 Å². The monoisotopic (exact) mass is 268 g/mol. The van der Waals surface area contributed by atoms with E-state index in [0.29, 0.717) is 0 Å². The second-order valence-corrected chi connectivity index (χ2v) is 5.92. The van der Waals surface area contributed by atoms with Gasteiger partial charge in [-0.1, -0.05) is 0 Å². The summed E-state index contributed by atoms with van der Waals surface area (Å²) in [6.07, 6.45) is 1.27. The Labute approximate surface area is 114 Å². The van der Waals surface area contributed by atoms with E-state index in [0.717, 1.165) is 33.9 Å². The van der Waals surface area contributed by atoms with Gasteiger partial charge < -0.3 is 4.90 Å². The van der Waals surface area contributed by atoms with Gasteiger partial charge in [0.15, 0.2) is 5.43 Å². The second-order valence-electron chi connectivity index (χ2n) is 4.84. The van der Waals surface area contributed by atoms with Crippen LogP contribution in [0.3, 0.4) is 0 Å². The van der Waals surface area contributed by atoms with Crippen molar-refractivity contribution in [3.63, 3.8) is 0 Å². The van der Waals surface area contributed by atoms with Crippen LogP contribution in [0, 0.1) is 0 Å². The molecule has 0 N–H and O–H groups in total. The molecule has 0 radical (unpaired) electrons. The molecule has 0 saturated carbocycles. The van der Waals surface area contributed by atoms with E-state index in [-0.39, 0.29) is 5.43 Å². The van der Waals surface area contributed by atoms with Crippen molar-refractivity contribution in [3.8, 4) is 10.6 Å². The highest BCUT2D eigenvalue weighted by atomic mass is 32.1. The van der Waals surface area contributed by atoms with E-state index in [1.165, 1.54) is 12.1 Å². The van der Waals surface area contributed by atoms with Crippen LogP contribution in [0.25, 0.3) is 20.8 Å². The van der Waals surface area contributed by atoms with Gasteiger partial charge in [0, 0.05) is 24.8 Å². The molecule has 0 aromatic heterocycles. The molecule has 0 spiro atoms. The molecule has 1 saturated heterocycles. The van der Waals surface area contributed by atoms with E-state index in [9.17, 15) is 4.79 Å². The number of hydrogen-bond donors (Lipinski definition) is 0. The molecule has 1 aliphatic carbocycles. The summed E-state index contributed by atoms with van der Waals surface area (Å²) in [7, 11) is 0. The smallest absolute Gasteiger partial charge is 0.180 e. The molecule has 2 aliphatic heterocycles. The molecule has 4 rings (SSSR count). The Morgan fingerprint density at radius 2 is 2.00 bits per heavy atom. The van der Waals surface area contributed by atoms with Crippen LogP contribution in [0.2, 0.25) is 0 Å². The van der Waals surface area contributed by atoms with Gasteiger partial charge in [0.1, 0.15) is 0 Å². The maximum atomic E-state index is 11.4. The van der Waals surface area contributed by atoms with Crippen molar-refractivity contribution in [2.24, 2.45) is 0 Å². The molecule has 1 aromatic carbocycles. The highest BCUT2D eigenvalue weighted by molar-refractivity contribution is 7.21. The quantitative estimate of drug-likeness (QED) is 0.636. The highest BCUT2D eigenvalue weighted by Gasteiger charge is 2.15. The van der Waals surface area contributed by atoms with Crippen molar-refractivity contribution in [1.29, 1.82) is 0 Å². The molecule has 4 heteroatoms. The summed E-state index contributed by atoms with van der Waals surface area (Å²) in [6.45, 7) is 2.28. The number of fused-ring (bicyclic) bond motifs is 2. The summed E-state index contributed by atoms with van der Waals surface area (Å²) < 4.78 is 1.14. The van der Waals surface area contributed by atoms with Gasteiger partial charge >= 0.3 is 0 Å². The first-order chi connectivity index (χ1) is 9.29. The minimum absolute atomic E-state index is 0.0452. The van der Waals surface area contributed by atoms with Crippen molar-refractivity contribution in [1.82, 2.24) is 4.98 Å². The van der Waals surface area contributed by atoms with Crippen molar-refractivity contribution in [3.05, 3.63) is 46.6 Å². The van der Waals surface area contributed by atoms with Crippen LogP contribution >= 0.6 is 11.3 Å². The summed E-state index contributed by atoms with van der Waals surface area (Å²) in [5.74, 6) is 0. The fourth-order valence-corrected chi connectivity index (χ4v) is 3.39. The normalized spacial score (nSPS) is 14.8. The summed E-state index contributed by atoms with van der Waals surface area (Å²) in [6, 6.07) is 11.4. The Bertz CT molecular complexity index is 792. The molecule has 0 amide bonds. The Balaban J connectivity index is 1.95. The first kappa shape index (κ1) is 10.9. The fourth-order valence-electron chi connectivity index (χ4n) is 2.36. The number of anilines is 1. The van der Waals surface area contributed by atoms with E-state index < -0.39 is 0 Å². The van der Waals surface area contributed by atoms with Gasteiger partial charge in [-0.3, -0.25) is 4.79 Å². The number of benzene rings is 2. The van der Waals surface area contributed by atoms with Crippen molar-refractivity contribution >= 4 is 27.2 Å². The lowest BCUT2D eigenvalue weighted by atomic mass is 10.1. The third kappa shape index (κ3) is 1.79. The van der Waals surface area contributed by atoms with E-state index >= 15 is 0 Å². The molecule has 1 fully saturated rings. The standard InChI is InChI=1S/C15H12N2OS/c18-11-3-5-13-15(9-11)19-14-8-10(17-6-1-7-17)2-4-12(14)16-13/h2-5,8-9H,1,6-7H2. The average molecular weight is 268 g/mol. The molecule has 3 nitrogen and oxygen atoms in total. The van der Waals surface area contributed by atoms with Crippen LogP contribution in [0.15, 0.2) is 41.2 Å². The van der Waals surface area contributed by atoms with Crippen LogP contribution < -0.4 is 10.3 Å². The van der Waals surface area contributed by atoms with Gasteiger partial charge in [0.2, 0.25) is 0 Å². The van der Waals surface area contributed by atoms with Crippen LogP contribution in [0.1, 0.15) is 6.42 Å². The molecule has 0 bridgehead atoms. The topological polar surface area (TPSA) is 33.2 Å². The molecule has 0 atom stereocenters. The molecule has 3 aliphatic rings. The summed E-state index contributed by atoms with van der Waals surface area (Å²) >= 11 is 1.64. The Morgan fingerprint density at radius 3 is 2.79 bits per heavy atom. The Morgan fingerprint density at radius 1 is 1.11 bits per heavy atom. The van der Waals surface area contributed by atoms with Gasteiger partial charge in [-0.05, 0) is 36.8 Å². The number of nitrogens with zero attached hydrogens (tertiary/aromatic N) is 2. The van der Waals surface area contributed by atoms with Gasteiger partial charge in [-0.2, -0.15) is 0 Å². The van der Waals surface area contributed by atoms with E-state index in [4.69, 9.17) is 0 Å². The van der Waals surface area contributed by atoms with Gasteiger partial charge in [-0.15, -0.1) is 11.3 Å². The maximum Gasteiger partial charge on any atom is 0.180 e. The Kier molecular flexibility index (Phi) is 2.32. The first-order valence-electron chi connectivity index (χ1n) is 6.39. The van der Waals surface area contributed by atoms with Crippen LogP contribution in [0.4, 0.5) is 5.69 Å². The summed E-state index contributed by atoms with van der Waals surface area (Å²) in [5.41, 5.74) is 3.20. The molecule has 94 valence electrons. The van der Waals surface area contributed by atoms with Gasteiger partial charge in [-0.25, -0.2) is 4.98 Å². The van der Waals surface area contributed by atoms with E-state index in [2.05, 4.69) is 28.1 Å². The Hall–Kier alpha value is -1.94. The zero-order valence-corrected chi connectivity index (χ0v) is 11.1. The number of rotatable bonds is 1. The van der Waals surface area contributed by atoms with Crippen molar-refractivity contribution < 1.29 is 0 Å². The predicted molar refractivity (Wildman–Crippen MR) is 79.3 cm³/mol. The summed E-state index contributed by atoms with van der Waals surface area (Å²) in [4.78, 5) is 19.4. The zero-order chi connectivity index (χ0) is 12.8. The number of aromatic nitrogens is 1. The van der Waals surface area contributed by atoms with Crippen molar-refractivity contribution in [2.45, 2.75) is 6.42 Å². The second kappa shape index (κ2) is 4.03. The SMILES string of the molecule is O=c1ccc2nc3ccc(N4CCC4)cc3sc-2c1. The molecule has 2 heterocycles. The molecule has 19 heavy (non-hydrogen) atoms. The summed E-state index contributed by atoms with van der Waals surface area (Å²) in [5, 5.41) is 0. The third-order valence-electron chi connectivity index (χ3n) is 3.56. The molecular weight excluding hydrogens is 256 g/mol. The largest absolute Gasteiger partial charge is 0.371 e. The van der Waals surface area contributed by atoms with Crippen molar-refractivity contribution in [2.75, 3.05) is 18.0 Å².